The molecule has 3 saturated heterocycles. The highest BCUT2D eigenvalue weighted by molar-refractivity contribution is 5.84. The smallest absolute Gasteiger partial charge is 0.412 e. The highest BCUT2D eigenvalue weighted by Gasteiger charge is 2.60. The molecule has 1 aromatic carbocycles. The minimum absolute atomic E-state index is 0.334. The molecular formula is C19H25NO7. The Morgan fingerprint density at radius 2 is 1.78 bits per heavy atom. The largest absolute Gasteiger partial charge is 0.440 e. The van der Waals surface area contributed by atoms with Crippen LogP contribution >= 0.6 is 0 Å². The molecule has 0 radical (unpaired) electrons. The number of fused-ring (bicyclic) bond motifs is 1. The van der Waals surface area contributed by atoms with Gasteiger partial charge in [0, 0.05) is 5.69 Å². The first-order valence-corrected chi connectivity index (χ1v) is 9.08. The van der Waals surface area contributed by atoms with Crippen LogP contribution in [0.4, 0.5) is 10.5 Å². The van der Waals surface area contributed by atoms with E-state index in [4.69, 9.17) is 28.4 Å². The predicted octanol–water partition coefficient (Wildman–Crippen LogP) is 2.63. The predicted molar refractivity (Wildman–Crippen MR) is 93.9 cm³/mol. The molecule has 0 spiro atoms. The molecule has 3 heterocycles. The first kappa shape index (κ1) is 18.6. The molecule has 5 atom stereocenters. The Balaban J connectivity index is 1.49. The molecule has 0 bridgehead atoms. The van der Waals surface area contributed by atoms with E-state index in [9.17, 15) is 4.79 Å². The fraction of sp³-hybridized carbons (Fsp3) is 0.632. The Labute approximate surface area is 158 Å². The molecule has 4 rings (SSSR count). The summed E-state index contributed by atoms with van der Waals surface area (Å²) in [5.74, 6) is -1.53. The van der Waals surface area contributed by atoms with E-state index in [0.29, 0.717) is 12.3 Å². The van der Waals surface area contributed by atoms with E-state index in [2.05, 4.69) is 5.32 Å². The maximum absolute atomic E-state index is 12.4. The minimum atomic E-state index is -0.815. The fourth-order valence-corrected chi connectivity index (χ4v) is 3.61. The Morgan fingerprint density at radius 1 is 1.04 bits per heavy atom. The quantitative estimate of drug-likeness (QED) is 0.864. The lowest BCUT2D eigenvalue weighted by atomic mass is 10.1. The number of rotatable bonds is 3. The lowest BCUT2D eigenvalue weighted by molar-refractivity contribution is -0.231. The number of nitrogens with one attached hydrogen (secondary N) is 1. The molecule has 3 aliphatic rings. The van der Waals surface area contributed by atoms with Gasteiger partial charge in [-0.25, -0.2) is 4.79 Å². The van der Waals surface area contributed by atoms with Gasteiger partial charge in [0.05, 0.1) is 6.61 Å². The van der Waals surface area contributed by atoms with Gasteiger partial charge in [-0.1, -0.05) is 18.2 Å². The second-order valence-electron chi connectivity index (χ2n) is 7.80. The number of carbonyl (C=O) groups is 1. The van der Waals surface area contributed by atoms with Gasteiger partial charge >= 0.3 is 6.09 Å². The van der Waals surface area contributed by atoms with Crippen LogP contribution in [0.2, 0.25) is 0 Å². The summed E-state index contributed by atoms with van der Waals surface area (Å²) in [6, 6.07) is 9.08. The molecule has 148 valence electrons. The topological polar surface area (TPSA) is 84.5 Å². The van der Waals surface area contributed by atoms with Gasteiger partial charge < -0.3 is 28.4 Å². The summed E-state index contributed by atoms with van der Waals surface area (Å²) in [7, 11) is 0. The van der Waals surface area contributed by atoms with Gasteiger partial charge in [0.1, 0.15) is 12.2 Å². The van der Waals surface area contributed by atoms with Crippen molar-refractivity contribution in [3.63, 3.8) is 0 Å². The second kappa shape index (κ2) is 6.72. The van der Waals surface area contributed by atoms with E-state index in [0.717, 1.165) is 0 Å². The highest BCUT2D eigenvalue weighted by atomic mass is 16.9. The monoisotopic (exact) mass is 379 g/mol. The van der Waals surface area contributed by atoms with Gasteiger partial charge in [-0.2, -0.15) is 0 Å². The Bertz CT molecular complexity index is 693. The molecule has 0 aliphatic carbocycles. The number of hydrogen-bond donors (Lipinski definition) is 1. The van der Waals surface area contributed by atoms with Crippen LogP contribution in [-0.4, -0.2) is 55.0 Å². The van der Waals surface area contributed by atoms with Crippen LogP contribution in [0, 0.1) is 0 Å². The zero-order valence-electron chi connectivity index (χ0n) is 15.8. The van der Waals surface area contributed by atoms with Gasteiger partial charge in [0.15, 0.2) is 30.1 Å². The van der Waals surface area contributed by atoms with Crippen LogP contribution in [0.1, 0.15) is 27.7 Å². The number of amides is 1. The summed E-state index contributed by atoms with van der Waals surface area (Å²) in [6.07, 6.45) is -3.41. The van der Waals surface area contributed by atoms with Gasteiger partial charge in [-0.15, -0.1) is 0 Å². The van der Waals surface area contributed by atoms with E-state index >= 15 is 0 Å². The van der Waals surface area contributed by atoms with Crippen LogP contribution in [0.15, 0.2) is 30.3 Å². The van der Waals surface area contributed by atoms with Crippen molar-refractivity contribution in [2.75, 3.05) is 11.9 Å². The van der Waals surface area contributed by atoms with E-state index in [1.165, 1.54) is 0 Å². The number of benzene rings is 1. The van der Waals surface area contributed by atoms with E-state index in [1.807, 2.05) is 32.0 Å². The molecule has 8 heteroatoms. The Morgan fingerprint density at radius 3 is 2.44 bits per heavy atom. The molecule has 3 unspecified atom stereocenters. The number of hydrogen-bond acceptors (Lipinski definition) is 7. The van der Waals surface area contributed by atoms with E-state index < -0.39 is 48.4 Å². The van der Waals surface area contributed by atoms with Gasteiger partial charge in [0.25, 0.3) is 0 Å². The van der Waals surface area contributed by atoms with E-state index in [1.54, 1.807) is 26.0 Å². The highest BCUT2D eigenvalue weighted by Crippen LogP contribution is 2.42. The molecule has 0 aromatic heterocycles. The molecule has 0 saturated carbocycles. The zero-order valence-corrected chi connectivity index (χ0v) is 15.8. The summed E-state index contributed by atoms with van der Waals surface area (Å²) in [5.41, 5.74) is 0.639. The van der Waals surface area contributed by atoms with Gasteiger partial charge in [-0.3, -0.25) is 5.32 Å². The van der Waals surface area contributed by atoms with E-state index in [-0.39, 0.29) is 0 Å². The molecular weight excluding hydrogens is 354 g/mol. The maximum atomic E-state index is 12.4. The zero-order chi connectivity index (χ0) is 19.2. The molecule has 3 aliphatic heterocycles. The first-order chi connectivity index (χ1) is 12.7. The minimum Gasteiger partial charge on any atom is -0.440 e. The van der Waals surface area contributed by atoms with Crippen molar-refractivity contribution in [2.45, 2.75) is 70.0 Å². The summed E-state index contributed by atoms with van der Waals surface area (Å²) >= 11 is 0. The van der Waals surface area contributed by atoms with Crippen molar-refractivity contribution < 1.29 is 33.2 Å². The molecule has 8 nitrogen and oxygen atoms in total. The molecule has 1 aromatic rings. The molecule has 27 heavy (non-hydrogen) atoms. The molecule has 1 amide bonds. The number of ether oxygens (including phenoxy) is 6. The Kier molecular flexibility index (Phi) is 4.64. The van der Waals surface area contributed by atoms with Crippen LogP contribution in [0.5, 0.6) is 0 Å². The molecule has 3 fully saturated rings. The number of para-hydroxylation sites is 1. The normalized spacial score (nSPS) is 36.4. The van der Waals surface area contributed by atoms with Crippen molar-refractivity contribution in [3.8, 4) is 0 Å². The van der Waals surface area contributed by atoms with Crippen LogP contribution in [-0.2, 0) is 28.4 Å². The van der Waals surface area contributed by atoms with Gasteiger partial charge in [-0.05, 0) is 39.8 Å². The third kappa shape index (κ3) is 3.95. The first-order valence-electron chi connectivity index (χ1n) is 9.08. The van der Waals surface area contributed by atoms with Crippen LogP contribution in [0.3, 0.4) is 0 Å². The number of anilines is 1. The third-order valence-corrected chi connectivity index (χ3v) is 4.69. The second-order valence-corrected chi connectivity index (χ2v) is 7.80. The lowest BCUT2D eigenvalue weighted by Gasteiger charge is -2.28. The standard InChI is InChI=1S/C19H25NO7/c1-18(2)22-10-12(25-18)13-14(15-16(23-13)27-19(3,4)26-15)24-17(21)20-11-8-6-5-7-9-11/h5-9,12-16H,10H2,1-4H3,(H,20,21)/t12?,13-,14?,15?,16-/m1/s1. The fourth-order valence-electron chi connectivity index (χ4n) is 3.61. The number of carbonyl (C=O) groups excluding carboxylic acids is 1. The SMILES string of the molecule is CC1(C)OCC([C@H]2O[C@@H]3OC(C)(C)OC3C2OC(=O)Nc2ccccc2)O1. The summed E-state index contributed by atoms with van der Waals surface area (Å²) < 4.78 is 35.0. The summed E-state index contributed by atoms with van der Waals surface area (Å²) in [6.45, 7) is 7.58. The summed E-state index contributed by atoms with van der Waals surface area (Å²) in [5, 5.41) is 2.71. The lowest BCUT2D eigenvalue weighted by Crippen LogP contribution is -2.45. The van der Waals surface area contributed by atoms with Crippen molar-refractivity contribution in [2.24, 2.45) is 0 Å². The Hall–Kier alpha value is -1.71. The summed E-state index contributed by atoms with van der Waals surface area (Å²) in [4.78, 5) is 12.4. The van der Waals surface area contributed by atoms with Crippen molar-refractivity contribution in [3.05, 3.63) is 30.3 Å². The van der Waals surface area contributed by atoms with Crippen LogP contribution in [0.25, 0.3) is 0 Å². The van der Waals surface area contributed by atoms with Gasteiger partial charge in [0.2, 0.25) is 0 Å². The third-order valence-electron chi connectivity index (χ3n) is 4.69. The van der Waals surface area contributed by atoms with Crippen molar-refractivity contribution in [1.82, 2.24) is 0 Å². The average Bonchev–Trinajstić information content (AvgIpc) is 3.19. The van der Waals surface area contributed by atoms with Crippen molar-refractivity contribution >= 4 is 11.8 Å². The van der Waals surface area contributed by atoms with Crippen molar-refractivity contribution in [1.29, 1.82) is 0 Å². The maximum Gasteiger partial charge on any atom is 0.412 e. The average molecular weight is 379 g/mol. The molecule has 1 N–H and O–H groups in total. The van der Waals surface area contributed by atoms with Crippen LogP contribution < -0.4 is 5.32 Å².